The minimum atomic E-state index is -4.39. The minimum Gasteiger partial charge on any atom is -0.445 e. The number of carbonyl (C=O) groups is 2. The molecule has 0 N–H and O–H groups in total. The quantitative estimate of drug-likeness (QED) is 0.693. The van der Waals surface area contributed by atoms with Gasteiger partial charge in [-0.15, -0.1) is 0 Å². The first-order valence-corrected chi connectivity index (χ1v) is 9.17. The number of amides is 2. The maximum absolute atomic E-state index is 12.5. The van der Waals surface area contributed by atoms with Gasteiger partial charge in [-0.25, -0.2) is 4.79 Å². The van der Waals surface area contributed by atoms with Gasteiger partial charge in [-0.2, -0.15) is 13.2 Å². The number of hydrogen-bond acceptors (Lipinski definition) is 3. The number of nitrogens with zero attached hydrogens (tertiary/aromatic N) is 2. The molecule has 5 nitrogen and oxygen atoms in total. The second-order valence-corrected chi connectivity index (χ2v) is 6.57. The summed E-state index contributed by atoms with van der Waals surface area (Å²) in [7, 11) is 0. The van der Waals surface area contributed by atoms with Crippen LogP contribution in [-0.2, 0) is 22.3 Å². The summed E-state index contributed by atoms with van der Waals surface area (Å²) in [4.78, 5) is 27.4. The highest BCUT2D eigenvalue weighted by Gasteiger charge is 2.30. The van der Waals surface area contributed by atoms with E-state index in [1.807, 2.05) is 0 Å². The summed E-state index contributed by atoms with van der Waals surface area (Å²) < 4.78 is 42.8. The maximum atomic E-state index is 12.5. The van der Waals surface area contributed by atoms with E-state index in [-0.39, 0.29) is 12.5 Å². The number of halogens is 3. The third-order valence-electron chi connectivity index (χ3n) is 4.53. The van der Waals surface area contributed by atoms with Gasteiger partial charge in [-0.3, -0.25) is 4.79 Å². The molecule has 27 heavy (non-hydrogen) atoms. The van der Waals surface area contributed by atoms with Gasteiger partial charge in [-0.05, 0) is 24.1 Å². The third-order valence-corrected chi connectivity index (χ3v) is 4.53. The Morgan fingerprint density at radius 1 is 1.00 bits per heavy atom. The van der Waals surface area contributed by atoms with Crippen LogP contribution in [0.25, 0.3) is 0 Å². The highest BCUT2D eigenvalue weighted by Crippen LogP contribution is 2.29. The summed E-state index contributed by atoms with van der Waals surface area (Å²) in [6.45, 7) is 3.73. The topological polar surface area (TPSA) is 49.9 Å². The molecule has 150 valence electrons. The van der Waals surface area contributed by atoms with Crippen LogP contribution in [0.3, 0.4) is 0 Å². The zero-order valence-corrected chi connectivity index (χ0v) is 15.4. The van der Waals surface area contributed by atoms with Crippen molar-refractivity contribution < 1.29 is 27.5 Å². The van der Waals surface area contributed by atoms with Crippen molar-refractivity contribution >= 4 is 12.0 Å². The number of hydrogen-bond donors (Lipinski definition) is 0. The lowest BCUT2D eigenvalue weighted by Crippen LogP contribution is -2.50. The van der Waals surface area contributed by atoms with Gasteiger partial charge in [-0.1, -0.05) is 31.9 Å². The van der Waals surface area contributed by atoms with Crippen LogP contribution in [0.4, 0.5) is 18.0 Å². The lowest BCUT2D eigenvalue weighted by Gasteiger charge is -2.34. The Labute approximate surface area is 157 Å². The number of ether oxygens (including phenoxy) is 1. The Morgan fingerprint density at radius 2 is 1.59 bits per heavy atom. The van der Waals surface area contributed by atoms with Crippen molar-refractivity contribution in [3.8, 4) is 0 Å². The fraction of sp³-hybridized carbons (Fsp3) is 0.579. The highest BCUT2D eigenvalue weighted by molar-refractivity contribution is 5.76. The first-order valence-electron chi connectivity index (χ1n) is 9.17. The SMILES string of the molecule is CCCCCC(=O)N1CCN(C(=O)OCc2ccc(C(F)(F)F)cc2)CC1. The van der Waals surface area contributed by atoms with E-state index in [0.29, 0.717) is 38.2 Å². The normalized spacial score (nSPS) is 15.0. The molecule has 1 aromatic carbocycles. The molecule has 0 radical (unpaired) electrons. The van der Waals surface area contributed by atoms with Gasteiger partial charge in [0.2, 0.25) is 5.91 Å². The number of rotatable bonds is 6. The van der Waals surface area contributed by atoms with Crippen LogP contribution in [0, 0.1) is 0 Å². The number of alkyl halides is 3. The smallest absolute Gasteiger partial charge is 0.416 e. The molecule has 1 aliphatic heterocycles. The fourth-order valence-electron chi connectivity index (χ4n) is 2.85. The first kappa shape index (κ1) is 21.1. The number of unbranched alkanes of at least 4 members (excludes halogenated alkanes) is 2. The largest absolute Gasteiger partial charge is 0.445 e. The summed E-state index contributed by atoms with van der Waals surface area (Å²) >= 11 is 0. The zero-order valence-electron chi connectivity index (χ0n) is 15.4. The summed E-state index contributed by atoms with van der Waals surface area (Å²) in [5.41, 5.74) is -0.251. The van der Waals surface area contributed by atoms with Crippen LogP contribution in [0.5, 0.6) is 0 Å². The summed E-state index contributed by atoms with van der Waals surface area (Å²) in [6.07, 6.45) is -1.40. The zero-order chi connectivity index (χ0) is 19.9. The molecule has 1 aliphatic rings. The Bertz CT molecular complexity index is 624. The average Bonchev–Trinajstić information content (AvgIpc) is 2.66. The van der Waals surface area contributed by atoms with Gasteiger partial charge in [0, 0.05) is 32.6 Å². The average molecular weight is 386 g/mol. The van der Waals surface area contributed by atoms with E-state index < -0.39 is 17.8 Å². The summed E-state index contributed by atoms with van der Waals surface area (Å²) in [5, 5.41) is 0. The third kappa shape index (κ3) is 6.45. The second kappa shape index (κ2) is 9.62. The number of carbonyl (C=O) groups excluding carboxylic acids is 2. The van der Waals surface area contributed by atoms with Crippen molar-refractivity contribution in [2.45, 2.75) is 45.4 Å². The molecular formula is C19H25F3N2O3. The Morgan fingerprint density at radius 3 is 2.15 bits per heavy atom. The van der Waals surface area contributed by atoms with Crippen LogP contribution in [0.2, 0.25) is 0 Å². The fourth-order valence-corrected chi connectivity index (χ4v) is 2.85. The monoisotopic (exact) mass is 386 g/mol. The van der Waals surface area contributed by atoms with Gasteiger partial charge >= 0.3 is 12.3 Å². The first-order chi connectivity index (χ1) is 12.8. The summed E-state index contributed by atoms with van der Waals surface area (Å²) in [6, 6.07) is 4.52. The molecule has 0 unspecified atom stereocenters. The maximum Gasteiger partial charge on any atom is 0.416 e. The molecule has 0 atom stereocenters. The Hall–Kier alpha value is -2.25. The van der Waals surface area contributed by atoms with Crippen molar-refractivity contribution in [1.82, 2.24) is 9.80 Å². The van der Waals surface area contributed by atoms with Gasteiger partial charge in [0.1, 0.15) is 6.61 Å². The van der Waals surface area contributed by atoms with Crippen molar-refractivity contribution in [2.75, 3.05) is 26.2 Å². The van der Waals surface area contributed by atoms with Gasteiger partial charge in [0.05, 0.1) is 5.56 Å². The molecule has 0 aliphatic carbocycles. The molecule has 0 saturated carbocycles. The number of benzene rings is 1. The lowest BCUT2D eigenvalue weighted by atomic mass is 10.1. The van der Waals surface area contributed by atoms with E-state index >= 15 is 0 Å². The van der Waals surface area contributed by atoms with Crippen LogP contribution < -0.4 is 0 Å². The van der Waals surface area contributed by atoms with E-state index in [2.05, 4.69) is 6.92 Å². The van der Waals surface area contributed by atoms with E-state index in [1.165, 1.54) is 17.0 Å². The molecular weight excluding hydrogens is 361 g/mol. The van der Waals surface area contributed by atoms with E-state index in [4.69, 9.17) is 4.74 Å². The molecule has 1 aromatic rings. The van der Waals surface area contributed by atoms with E-state index in [9.17, 15) is 22.8 Å². The predicted molar refractivity (Wildman–Crippen MR) is 93.9 cm³/mol. The van der Waals surface area contributed by atoms with Crippen LogP contribution in [0.15, 0.2) is 24.3 Å². The second-order valence-electron chi connectivity index (χ2n) is 6.57. The van der Waals surface area contributed by atoms with E-state index in [1.54, 1.807) is 4.90 Å². The van der Waals surface area contributed by atoms with Gasteiger partial charge < -0.3 is 14.5 Å². The minimum absolute atomic E-state index is 0.0901. The number of piperazine rings is 1. The summed E-state index contributed by atoms with van der Waals surface area (Å²) in [5.74, 6) is 0.112. The molecule has 8 heteroatoms. The van der Waals surface area contributed by atoms with Gasteiger partial charge in [0.15, 0.2) is 0 Å². The van der Waals surface area contributed by atoms with Crippen molar-refractivity contribution in [3.63, 3.8) is 0 Å². The van der Waals surface area contributed by atoms with E-state index in [0.717, 1.165) is 31.4 Å². The molecule has 2 amide bonds. The van der Waals surface area contributed by atoms with Crippen molar-refractivity contribution in [3.05, 3.63) is 35.4 Å². The van der Waals surface area contributed by atoms with Crippen LogP contribution >= 0.6 is 0 Å². The molecule has 0 aromatic heterocycles. The molecule has 0 bridgehead atoms. The predicted octanol–water partition coefficient (Wildman–Crippen LogP) is 4.07. The molecule has 1 saturated heterocycles. The standard InChI is InChI=1S/C19H25F3N2O3/c1-2-3-4-5-17(25)23-10-12-24(13-11-23)18(26)27-14-15-6-8-16(9-7-15)19(20,21)22/h6-9H,2-5,10-14H2,1H3. The Kier molecular flexibility index (Phi) is 7.50. The lowest BCUT2D eigenvalue weighted by molar-refractivity contribution is -0.137. The molecule has 1 heterocycles. The van der Waals surface area contributed by atoms with Crippen LogP contribution in [0.1, 0.15) is 43.7 Å². The Balaban J connectivity index is 1.74. The molecule has 1 fully saturated rings. The van der Waals surface area contributed by atoms with Crippen molar-refractivity contribution in [2.24, 2.45) is 0 Å². The van der Waals surface area contributed by atoms with Gasteiger partial charge in [0.25, 0.3) is 0 Å². The molecule has 0 spiro atoms. The van der Waals surface area contributed by atoms with Crippen molar-refractivity contribution in [1.29, 1.82) is 0 Å². The molecule has 2 rings (SSSR count). The highest BCUT2D eigenvalue weighted by atomic mass is 19.4. The van der Waals surface area contributed by atoms with Crippen LogP contribution in [-0.4, -0.2) is 48.0 Å².